The Balaban J connectivity index is 1.84. The number of fused-ring (bicyclic) bond motifs is 2. The van der Waals surface area contributed by atoms with E-state index in [4.69, 9.17) is 9.16 Å². The van der Waals surface area contributed by atoms with Gasteiger partial charge in [-0.2, -0.15) is 0 Å². The van der Waals surface area contributed by atoms with Gasteiger partial charge in [-0.1, -0.05) is 41.2 Å². The van der Waals surface area contributed by atoms with Gasteiger partial charge in [0.15, 0.2) is 8.32 Å². The average Bonchev–Trinajstić information content (AvgIpc) is 3.02. The molecule has 2 aliphatic carbocycles. The van der Waals surface area contributed by atoms with Crippen LogP contribution >= 0.6 is 0 Å². The molecule has 3 fully saturated rings. The van der Waals surface area contributed by atoms with E-state index in [2.05, 4.69) is 61.2 Å². The lowest BCUT2D eigenvalue weighted by Gasteiger charge is -2.54. The highest BCUT2D eigenvalue weighted by atomic mass is 28.4. The summed E-state index contributed by atoms with van der Waals surface area (Å²) in [7, 11) is -1.80. The van der Waals surface area contributed by atoms with Crippen LogP contribution in [0.15, 0.2) is 12.2 Å². The van der Waals surface area contributed by atoms with E-state index in [0.717, 1.165) is 12.3 Å². The van der Waals surface area contributed by atoms with Crippen molar-refractivity contribution in [1.82, 2.24) is 0 Å². The molecule has 0 aromatic heterocycles. The van der Waals surface area contributed by atoms with Crippen LogP contribution in [0.2, 0.25) is 18.1 Å². The van der Waals surface area contributed by atoms with Crippen LogP contribution in [-0.2, 0) is 9.16 Å². The third kappa shape index (κ3) is 3.05. The topological polar surface area (TPSA) is 21.8 Å². The maximum Gasteiger partial charge on any atom is 0.192 e. The summed E-state index contributed by atoms with van der Waals surface area (Å²) in [5.41, 5.74) is 1.90. The molecule has 0 radical (unpaired) electrons. The zero-order valence-corrected chi connectivity index (χ0v) is 18.2. The second-order valence-electron chi connectivity index (χ2n) is 11.0. The minimum absolute atomic E-state index is 0.0931. The number of hydrogen-bond donors (Lipinski definition) is 0. The lowest BCUT2D eigenvalue weighted by atomic mass is 9.52. The smallest absolute Gasteiger partial charge is 0.192 e. The monoisotopic (exact) mass is 350 g/mol. The molecule has 24 heavy (non-hydrogen) atoms. The largest absolute Gasteiger partial charge is 0.410 e. The van der Waals surface area contributed by atoms with Gasteiger partial charge in [0.05, 0.1) is 17.8 Å². The first-order chi connectivity index (χ1) is 10.8. The zero-order valence-electron chi connectivity index (χ0n) is 17.2. The molecule has 3 aliphatic rings. The van der Waals surface area contributed by atoms with Crippen molar-refractivity contribution in [1.29, 1.82) is 0 Å². The van der Waals surface area contributed by atoms with Crippen molar-refractivity contribution in [3.8, 4) is 0 Å². The van der Waals surface area contributed by atoms with Crippen molar-refractivity contribution in [2.24, 2.45) is 17.3 Å². The molecule has 3 heteroatoms. The third-order valence-electron chi connectivity index (χ3n) is 7.78. The van der Waals surface area contributed by atoms with Crippen LogP contribution in [0.4, 0.5) is 0 Å². The Morgan fingerprint density at radius 3 is 2.38 bits per heavy atom. The van der Waals surface area contributed by atoms with Gasteiger partial charge in [-0.05, 0) is 67.1 Å². The quantitative estimate of drug-likeness (QED) is 0.349. The van der Waals surface area contributed by atoms with Gasteiger partial charge in [0.1, 0.15) is 0 Å². The molecule has 1 heterocycles. The van der Waals surface area contributed by atoms with Gasteiger partial charge >= 0.3 is 0 Å². The molecular formula is C21H38O2Si. The summed E-state index contributed by atoms with van der Waals surface area (Å²) in [6, 6.07) is 0. The minimum Gasteiger partial charge on any atom is -0.410 e. The van der Waals surface area contributed by atoms with Gasteiger partial charge < -0.3 is 9.16 Å². The fourth-order valence-electron chi connectivity index (χ4n) is 4.72. The maximum absolute atomic E-state index is 6.87. The summed E-state index contributed by atoms with van der Waals surface area (Å²) in [6.07, 6.45) is 5.30. The molecule has 138 valence electrons. The van der Waals surface area contributed by atoms with E-state index < -0.39 is 8.32 Å². The normalized spacial score (nSPS) is 42.1. The molecule has 1 aliphatic heterocycles. The molecule has 0 spiro atoms. The predicted octanol–water partition coefficient (Wildman–Crippen LogP) is 5.94. The van der Waals surface area contributed by atoms with E-state index in [1.807, 2.05) is 0 Å². The fourth-order valence-corrected chi connectivity index (χ4v) is 6.03. The molecular weight excluding hydrogens is 312 g/mol. The van der Waals surface area contributed by atoms with Crippen LogP contribution in [0, 0.1) is 17.3 Å². The second kappa shape index (κ2) is 5.44. The Morgan fingerprint density at radius 2 is 1.83 bits per heavy atom. The van der Waals surface area contributed by atoms with Gasteiger partial charge in [-0.25, -0.2) is 0 Å². The van der Waals surface area contributed by atoms with Crippen LogP contribution in [0.1, 0.15) is 67.2 Å². The van der Waals surface area contributed by atoms with Crippen LogP contribution in [0.25, 0.3) is 0 Å². The van der Waals surface area contributed by atoms with Crippen molar-refractivity contribution in [2.45, 2.75) is 103 Å². The number of epoxide rings is 1. The fraction of sp³-hybridized carbons (Fsp3) is 0.905. The summed E-state index contributed by atoms with van der Waals surface area (Å²) < 4.78 is 13.0. The average molecular weight is 351 g/mol. The Kier molecular flexibility index (Phi) is 4.23. The van der Waals surface area contributed by atoms with Crippen LogP contribution < -0.4 is 0 Å². The molecule has 1 saturated heterocycles. The van der Waals surface area contributed by atoms with Crippen molar-refractivity contribution >= 4 is 8.32 Å². The molecule has 0 aromatic rings. The Morgan fingerprint density at radius 1 is 1.21 bits per heavy atom. The molecule has 5 atom stereocenters. The Bertz CT molecular complexity index is 530. The SMILES string of the molecule is C=C1[C@@H](O[Si](C)(C)C(C)(C)C)C[C@H]2O[C@]2(C)CC[C@@H]2[C@@H]1CC2(C)C. The van der Waals surface area contributed by atoms with E-state index in [-0.39, 0.29) is 16.7 Å². The first-order valence-electron chi connectivity index (χ1n) is 9.81. The van der Waals surface area contributed by atoms with Crippen LogP contribution in [-0.4, -0.2) is 26.1 Å². The highest BCUT2D eigenvalue weighted by Gasteiger charge is 2.58. The molecule has 0 aromatic carbocycles. The van der Waals surface area contributed by atoms with E-state index >= 15 is 0 Å². The van der Waals surface area contributed by atoms with Crippen LogP contribution in [0.5, 0.6) is 0 Å². The third-order valence-corrected chi connectivity index (χ3v) is 12.3. The molecule has 2 nitrogen and oxygen atoms in total. The minimum atomic E-state index is -1.80. The Hall–Kier alpha value is -0.123. The lowest BCUT2D eigenvalue weighted by Crippen LogP contribution is -2.49. The van der Waals surface area contributed by atoms with Crippen molar-refractivity contribution < 1.29 is 9.16 Å². The second-order valence-corrected chi connectivity index (χ2v) is 15.8. The summed E-state index contributed by atoms with van der Waals surface area (Å²) in [4.78, 5) is 0. The summed E-state index contributed by atoms with van der Waals surface area (Å²) in [5, 5.41) is 0.234. The summed E-state index contributed by atoms with van der Waals surface area (Å²) in [6.45, 7) is 23.4. The van der Waals surface area contributed by atoms with Crippen molar-refractivity contribution in [2.75, 3.05) is 0 Å². The highest BCUT2D eigenvalue weighted by Crippen LogP contribution is 2.60. The van der Waals surface area contributed by atoms with Gasteiger partial charge in [0.25, 0.3) is 0 Å². The van der Waals surface area contributed by atoms with Crippen molar-refractivity contribution in [3.05, 3.63) is 12.2 Å². The predicted molar refractivity (Wildman–Crippen MR) is 104 cm³/mol. The standard InChI is InChI=1S/C21H38O2Si/c1-14-15-13-20(5,6)16(15)10-11-21(7)18(22-21)12-17(14)23-24(8,9)19(2,3)4/h15-18H,1,10-13H2,2-9H3/t15-,16-,17+,18-,21-/m1/s1. The van der Waals surface area contributed by atoms with Gasteiger partial charge in [-0.15, -0.1) is 0 Å². The molecule has 0 bridgehead atoms. The van der Waals surface area contributed by atoms with Gasteiger partial charge in [-0.3, -0.25) is 0 Å². The van der Waals surface area contributed by atoms with E-state index in [9.17, 15) is 0 Å². The Labute approximate surface area is 150 Å². The molecule has 3 rings (SSSR count). The lowest BCUT2D eigenvalue weighted by molar-refractivity contribution is -0.0116. The van der Waals surface area contributed by atoms with E-state index in [1.165, 1.54) is 24.8 Å². The number of ether oxygens (including phenoxy) is 1. The number of hydrogen-bond acceptors (Lipinski definition) is 2. The summed E-state index contributed by atoms with van der Waals surface area (Å²) in [5.74, 6) is 1.39. The van der Waals surface area contributed by atoms with E-state index in [1.54, 1.807) is 0 Å². The zero-order chi connectivity index (χ0) is 18.1. The first-order valence-corrected chi connectivity index (χ1v) is 12.7. The molecule has 0 N–H and O–H groups in total. The van der Waals surface area contributed by atoms with Crippen LogP contribution in [0.3, 0.4) is 0 Å². The highest BCUT2D eigenvalue weighted by molar-refractivity contribution is 6.74. The van der Waals surface area contributed by atoms with Gasteiger partial charge in [0.2, 0.25) is 0 Å². The summed E-state index contributed by atoms with van der Waals surface area (Å²) >= 11 is 0. The maximum atomic E-state index is 6.87. The van der Waals surface area contributed by atoms with Crippen molar-refractivity contribution in [3.63, 3.8) is 0 Å². The molecule has 0 amide bonds. The van der Waals surface area contributed by atoms with Gasteiger partial charge in [0, 0.05) is 6.42 Å². The molecule has 0 unspecified atom stereocenters. The van der Waals surface area contributed by atoms with E-state index in [0.29, 0.717) is 17.4 Å². The number of rotatable bonds is 2. The first kappa shape index (κ1) is 18.7. The molecule has 2 saturated carbocycles.